The van der Waals surface area contributed by atoms with Crippen LogP contribution in [0.15, 0.2) is 41.1 Å². The monoisotopic (exact) mass is 436 g/mol. The molecule has 1 saturated heterocycles. The van der Waals surface area contributed by atoms with Crippen LogP contribution in [0.4, 0.5) is 0 Å². The summed E-state index contributed by atoms with van der Waals surface area (Å²) in [4.78, 5) is 27.0. The number of carbonyl (C=O) groups is 1. The quantitative estimate of drug-likeness (QED) is 0.484. The van der Waals surface area contributed by atoms with Crippen LogP contribution in [0.2, 0.25) is 0 Å². The van der Waals surface area contributed by atoms with E-state index >= 15 is 0 Å². The molecule has 9 nitrogen and oxygen atoms in total. The molecule has 168 valence electrons. The zero-order valence-electron chi connectivity index (χ0n) is 18.5. The fourth-order valence-corrected chi connectivity index (χ4v) is 3.91. The molecule has 2 aromatic heterocycles. The summed E-state index contributed by atoms with van der Waals surface area (Å²) in [5, 5.41) is 7.44. The van der Waals surface area contributed by atoms with Gasteiger partial charge in [-0.25, -0.2) is 9.97 Å². The number of methoxy groups -OCH3 is 1. The van der Waals surface area contributed by atoms with Crippen LogP contribution < -0.4 is 5.32 Å². The van der Waals surface area contributed by atoms with Gasteiger partial charge < -0.3 is 19.5 Å². The Balaban J connectivity index is 1.27. The predicted octanol–water partition coefficient (Wildman–Crippen LogP) is 2.62. The van der Waals surface area contributed by atoms with Gasteiger partial charge in [0.15, 0.2) is 0 Å². The molecule has 9 heteroatoms. The van der Waals surface area contributed by atoms with Crippen LogP contribution in [-0.4, -0.2) is 63.8 Å². The van der Waals surface area contributed by atoms with Crippen molar-refractivity contribution < 1.29 is 14.1 Å². The Hall–Kier alpha value is -3.17. The highest BCUT2D eigenvalue weighted by molar-refractivity contribution is 5.78. The summed E-state index contributed by atoms with van der Waals surface area (Å²) in [6.07, 6.45) is 4.17. The molecule has 1 N–H and O–H groups in total. The van der Waals surface area contributed by atoms with Gasteiger partial charge in [0.05, 0.1) is 18.8 Å². The maximum absolute atomic E-state index is 12.0. The van der Waals surface area contributed by atoms with Gasteiger partial charge in [-0.05, 0) is 32.4 Å². The molecular formula is C23H28N6O3. The fraction of sp³-hybridized carbons (Fsp3) is 0.435. The number of benzene rings is 1. The lowest BCUT2D eigenvalue weighted by molar-refractivity contribution is -0.129. The zero-order chi connectivity index (χ0) is 22.3. The van der Waals surface area contributed by atoms with Crippen LogP contribution in [0.1, 0.15) is 31.0 Å². The van der Waals surface area contributed by atoms with Crippen LogP contribution in [0, 0.1) is 6.92 Å². The van der Waals surface area contributed by atoms with Gasteiger partial charge in [0.2, 0.25) is 17.6 Å². The van der Waals surface area contributed by atoms with Crippen LogP contribution >= 0.6 is 0 Å². The summed E-state index contributed by atoms with van der Waals surface area (Å²) in [7, 11) is 1.66. The number of amides is 1. The Morgan fingerprint density at radius 3 is 2.78 bits per heavy atom. The summed E-state index contributed by atoms with van der Waals surface area (Å²) in [6, 6.07) is 10.0. The third-order valence-corrected chi connectivity index (χ3v) is 5.60. The standard InChI is InChI=1S/C23H28N6O3/c1-16-25-12-10-20(26-16)17-3-5-18(6-4-17)23-27-21(32-28-23)15-24-11-9-19-7-8-22(30)29(19)13-14-31-2/h3-6,10,12,19,24H,7-9,11,13-15H2,1-2H3. The number of hydrogen-bond acceptors (Lipinski definition) is 8. The minimum atomic E-state index is 0.217. The first kappa shape index (κ1) is 22.0. The van der Waals surface area contributed by atoms with Gasteiger partial charge in [-0.15, -0.1) is 0 Å². The first-order chi connectivity index (χ1) is 15.6. The lowest BCUT2D eigenvalue weighted by Crippen LogP contribution is -2.37. The van der Waals surface area contributed by atoms with E-state index in [-0.39, 0.29) is 11.9 Å². The second-order valence-electron chi connectivity index (χ2n) is 7.82. The van der Waals surface area contributed by atoms with E-state index in [0.29, 0.717) is 37.8 Å². The molecule has 3 aromatic rings. The lowest BCUT2D eigenvalue weighted by atomic mass is 10.1. The molecule has 1 fully saturated rings. The van der Waals surface area contributed by atoms with Crippen LogP contribution in [0.5, 0.6) is 0 Å². The van der Waals surface area contributed by atoms with Gasteiger partial charge in [-0.1, -0.05) is 29.4 Å². The van der Waals surface area contributed by atoms with Gasteiger partial charge in [-0.3, -0.25) is 4.79 Å². The molecule has 1 atom stereocenters. The smallest absolute Gasteiger partial charge is 0.240 e. The lowest BCUT2D eigenvalue weighted by Gasteiger charge is -2.24. The van der Waals surface area contributed by atoms with Crippen molar-refractivity contribution in [2.24, 2.45) is 0 Å². The second-order valence-corrected chi connectivity index (χ2v) is 7.82. The van der Waals surface area contributed by atoms with Gasteiger partial charge in [0, 0.05) is 43.4 Å². The van der Waals surface area contributed by atoms with Crippen molar-refractivity contribution in [1.29, 1.82) is 0 Å². The molecule has 0 aliphatic carbocycles. The third-order valence-electron chi connectivity index (χ3n) is 5.60. The molecule has 1 amide bonds. The Labute approximate surface area is 187 Å². The highest BCUT2D eigenvalue weighted by atomic mass is 16.5. The summed E-state index contributed by atoms with van der Waals surface area (Å²) >= 11 is 0. The number of carbonyl (C=O) groups excluding carboxylic acids is 1. The van der Waals surface area contributed by atoms with Crippen molar-refractivity contribution in [3.05, 3.63) is 48.2 Å². The molecule has 1 aromatic carbocycles. The number of likely N-dealkylation sites (tertiary alicyclic amines) is 1. The summed E-state index contributed by atoms with van der Waals surface area (Å²) < 4.78 is 10.5. The van der Waals surface area contributed by atoms with E-state index in [9.17, 15) is 4.79 Å². The van der Waals surface area contributed by atoms with Crippen molar-refractivity contribution in [2.75, 3.05) is 26.8 Å². The van der Waals surface area contributed by atoms with Crippen molar-refractivity contribution in [3.63, 3.8) is 0 Å². The van der Waals surface area contributed by atoms with Gasteiger partial charge in [0.25, 0.3) is 0 Å². The van der Waals surface area contributed by atoms with Gasteiger partial charge in [0.1, 0.15) is 5.82 Å². The maximum atomic E-state index is 12.0. The number of nitrogens with one attached hydrogen (secondary N) is 1. The maximum Gasteiger partial charge on any atom is 0.240 e. The molecule has 1 unspecified atom stereocenters. The van der Waals surface area contributed by atoms with Crippen LogP contribution in [0.25, 0.3) is 22.6 Å². The number of nitrogens with zero attached hydrogens (tertiary/aromatic N) is 5. The molecule has 4 rings (SSSR count). The number of aryl methyl sites for hydroxylation is 1. The van der Waals surface area contributed by atoms with Crippen molar-refractivity contribution in [1.82, 2.24) is 30.3 Å². The Kier molecular flexibility index (Phi) is 7.18. The van der Waals surface area contributed by atoms with Crippen molar-refractivity contribution in [3.8, 4) is 22.6 Å². The van der Waals surface area contributed by atoms with E-state index in [4.69, 9.17) is 9.26 Å². The molecule has 0 radical (unpaired) electrons. The van der Waals surface area contributed by atoms with Gasteiger partial charge in [-0.2, -0.15) is 4.98 Å². The van der Waals surface area contributed by atoms with Gasteiger partial charge >= 0.3 is 0 Å². The van der Waals surface area contributed by atoms with Crippen LogP contribution in [-0.2, 0) is 16.1 Å². The minimum absolute atomic E-state index is 0.217. The number of rotatable bonds is 10. The number of ether oxygens (including phenoxy) is 1. The highest BCUT2D eigenvalue weighted by Crippen LogP contribution is 2.23. The van der Waals surface area contributed by atoms with E-state index in [1.54, 1.807) is 13.3 Å². The highest BCUT2D eigenvalue weighted by Gasteiger charge is 2.29. The normalized spacial score (nSPS) is 16.1. The topological polar surface area (TPSA) is 106 Å². The molecule has 1 aliphatic rings. The summed E-state index contributed by atoms with van der Waals surface area (Å²) in [6.45, 7) is 4.36. The largest absolute Gasteiger partial charge is 0.383 e. The van der Waals surface area contributed by atoms with E-state index in [1.807, 2.05) is 42.2 Å². The molecule has 0 bridgehead atoms. The second kappa shape index (κ2) is 10.4. The first-order valence-corrected chi connectivity index (χ1v) is 10.9. The third kappa shape index (κ3) is 5.35. The fourth-order valence-electron chi connectivity index (χ4n) is 3.91. The Morgan fingerprint density at radius 1 is 1.19 bits per heavy atom. The number of aromatic nitrogens is 4. The average molecular weight is 437 g/mol. The van der Waals surface area contributed by atoms with E-state index in [1.165, 1.54) is 0 Å². The van der Waals surface area contributed by atoms with E-state index in [2.05, 4.69) is 25.4 Å². The molecular weight excluding hydrogens is 408 g/mol. The predicted molar refractivity (Wildman–Crippen MR) is 118 cm³/mol. The van der Waals surface area contributed by atoms with E-state index < -0.39 is 0 Å². The number of hydrogen-bond donors (Lipinski definition) is 1. The minimum Gasteiger partial charge on any atom is -0.383 e. The summed E-state index contributed by atoms with van der Waals surface area (Å²) in [5.41, 5.74) is 2.77. The average Bonchev–Trinajstić information content (AvgIpc) is 3.42. The SMILES string of the molecule is COCCN1C(=O)CCC1CCNCc1nc(-c2ccc(-c3ccnc(C)n3)cc2)no1. The Morgan fingerprint density at radius 2 is 2.00 bits per heavy atom. The van der Waals surface area contributed by atoms with Crippen molar-refractivity contribution >= 4 is 5.91 Å². The Bertz CT molecular complexity index is 1040. The molecule has 32 heavy (non-hydrogen) atoms. The van der Waals surface area contributed by atoms with E-state index in [0.717, 1.165) is 42.0 Å². The molecule has 3 heterocycles. The molecule has 0 spiro atoms. The first-order valence-electron chi connectivity index (χ1n) is 10.9. The summed E-state index contributed by atoms with van der Waals surface area (Å²) in [5.74, 6) is 2.05. The zero-order valence-corrected chi connectivity index (χ0v) is 18.5. The van der Waals surface area contributed by atoms with Crippen LogP contribution in [0.3, 0.4) is 0 Å². The molecule has 0 saturated carbocycles. The molecule has 1 aliphatic heterocycles. The van der Waals surface area contributed by atoms with Crippen molar-refractivity contribution in [2.45, 2.75) is 38.8 Å².